The summed E-state index contributed by atoms with van der Waals surface area (Å²) in [5.41, 5.74) is 7.37. The third-order valence-electron chi connectivity index (χ3n) is 4.34. The molecule has 8 heteroatoms. The lowest BCUT2D eigenvalue weighted by atomic mass is 10.2. The molecule has 5 nitrogen and oxygen atoms in total. The highest BCUT2D eigenvalue weighted by molar-refractivity contribution is 14.0. The maximum absolute atomic E-state index is 6.17. The Kier molecular flexibility index (Phi) is 8.43. The lowest BCUT2D eigenvalue weighted by Gasteiger charge is -2.36. The molecule has 2 aromatic rings. The maximum Gasteiger partial charge on any atom is 0.191 e. The fraction of sp³-hybridized carbons (Fsp3) is 0.444. The molecule has 3 rings (SSSR count). The number of benzene rings is 1. The molecule has 1 aliphatic rings. The van der Waals surface area contributed by atoms with Gasteiger partial charge in [0.05, 0.1) is 5.01 Å². The highest BCUT2D eigenvalue weighted by Crippen LogP contribution is 2.19. The van der Waals surface area contributed by atoms with Gasteiger partial charge >= 0.3 is 0 Å². The van der Waals surface area contributed by atoms with Gasteiger partial charge < -0.3 is 15.5 Å². The van der Waals surface area contributed by atoms with Crippen molar-refractivity contribution < 1.29 is 0 Å². The Morgan fingerprint density at radius 2 is 1.92 bits per heavy atom. The Balaban J connectivity index is 0.00000243. The normalized spacial score (nSPS) is 15.1. The van der Waals surface area contributed by atoms with Crippen LogP contribution in [0.4, 0.5) is 5.69 Å². The Hall–Kier alpha value is -1.06. The molecule has 142 valence electrons. The van der Waals surface area contributed by atoms with Crippen molar-refractivity contribution >= 4 is 58.6 Å². The molecule has 0 unspecified atom stereocenters. The van der Waals surface area contributed by atoms with Gasteiger partial charge in [-0.3, -0.25) is 4.99 Å². The van der Waals surface area contributed by atoms with Crippen LogP contribution in [0.15, 0.2) is 35.5 Å². The molecule has 0 aliphatic carbocycles. The summed E-state index contributed by atoms with van der Waals surface area (Å²) in [6, 6.07) is 7.99. The lowest BCUT2D eigenvalue weighted by Crippen LogP contribution is -2.51. The van der Waals surface area contributed by atoms with E-state index in [1.54, 1.807) is 11.3 Å². The molecule has 1 aliphatic heterocycles. The van der Waals surface area contributed by atoms with Crippen LogP contribution in [0.5, 0.6) is 0 Å². The van der Waals surface area contributed by atoms with E-state index in [1.807, 2.05) is 18.3 Å². The largest absolute Gasteiger partial charge is 0.370 e. The van der Waals surface area contributed by atoms with Crippen molar-refractivity contribution in [2.45, 2.75) is 19.8 Å². The first-order valence-corrected chi connectivity index (χ1v) is 9.84. The zero-order chi connectivity index (χ0) is 17.6. The molecule has 1 fully saturated rings. The van der Waals surface area contributed by atoms with Crippen LogP contribution in [-0.2, 0) is 12.8 Å². The molecule has 1 saturated heterocycles. The van der Waals surface area contributed by atoms with Gasteiger partial charge in [0.1, 0.15) is 0 Å². The number of aromatic nitrogens is 1. The van der Waals surface area contributed by atoms with Gasteiger partial charge in [0.2, 0.25) is 0 Å². The van der Waals surface area contributed by atoms with E-state index in [0.717, 1.165) is 49.1 Å². The first-order chi connectivity index (χ1) is 12.2. The van der Waals surface area contributed by atoms with Crippen LogP contribution in [0, 0.1) is 0 Å². The topological polar surface area (TPSA) is 57.8 Å². The minimum atomic E-state index is 0. The van der Waals surface area contributed by atoms with E-state index in [9.17, 15) is 0 Å². The number of nitrogens with zero attached hydrogens (tertiary/aromatic N) is 4. The summed E-state index contributed by atoms with van der Waals surface area (Å²) in [6.45, 7) is 6.48. The standard InChI is InChI=1S/C18H24ClN5S.HI/c1-2-16-13-22-17(25-16)7-8-21-18(20)24-11-9-23(10-12-24)15-5-3-14(19)4-6-15;/h3-6,13H,2,7-12H2,1H3,(H2,20,21);1H. The Bertz CT molecular complexity index is 711. The van der Waals surface area contributed by atoms with Gasteiger partial charge in [-0.1, -0.05) is 18.5 Å². The molecule has 1 aromatic carbocycles. The van der Waals surface area contributed by atoms with E-state index in [2.05, 4.69) is 38.8 Å². The van der Waals surface area contributed by atoms with Crippen molar-refractivity contribution in [1.29, 1.82) is 0 Å². The van der Waals surface area contributed by atoms with Gasteiger partial charge in [0, 0.05) is 60.9 Å². The van der Waals surface area contributed by atoms with Crippen molar-refractivity contribution in [2.75, 3.05) is 37.6 Å². The number of rotatable bonds is 5. The Morgan fingerprint density at radius 3 is 2.54 bits per heavy atom. The van der Waals surface area contributed by atoms with Crippen molar-refractivity contribution in [1.82, 2.24) is 9.88 Å². The molecule has 1 aromatic heterocycles. The van der Waals surface area contributed by atoms with Gasteiger partial charge in [-0.2, -0.15) is 0 Å². The molecule has 0 atom stereocenters. The number of guanidine groups is 1. The summed E-state index contributed by atoms with van der Waals surface area (Å²) in [4.78, 5) is 14.8. The minimum Gasteiger partial charge on any atom is -0.370 e. The third kappa shape index (κ3) is 5.72. The molecule has 2 heterocycles. The van der Waals surface area contributed by atoms with E-state index in [-0.39, 0.29) is 24.0 Å². The van der Waals surface area contributed by atoms with Crippen LogP contribution in [0.25, 0.3) is 0 Å². The number of aliphatic imine (C=N–C) groups is 1. The molecule has 0 saturated carbocycles. The molecule has 26 heavy (non-hydrogen) atoms. The zero-order valence-corrected chi connectivity index (χ0v) is 18.8. The summed E-state index contributed by atoms with van der Waals surface area (Å²) in [5, 5.41) is 1.91. The van der Waals surface area contributed by atoms with Crippen molar-refractivity contribution in [3.05, 3.63) is 45.4 Å². The van der Waals surface area contributed by atoms with Gasteiger partial charge in [-0.15, -0.1) is 35.3 Å². The molecular formula is C18H25ClIN5S. The summed E-state index contributed by atoms with van der Waals surface area (Å²) in [5.74, 6) is 0.642. The Labute approximate surface area is 181 Å². The first-order valence-electron chi connectivity index (χ1n) is 8.64. The van der Waals surface area contributed by atoms with E-state index in [4.69, 9.17) is 17.3 Å². The second kappa shape index (κ2) is 10.3. The Morgan fingerprint density at radius 1 is 1.23 bits per heavy atom. The quantitative estimate of drug-likeness (QED) is 0.383. The molecule has 0 radical (unpaired) electrons. The van der Waals surface area contributed by atoms with Crippen molar-refractivity contribution in [2.24, 2.45) is 10.7 Å². The molecule has 0 spiro atoms. The fourth-order valence-electron chi connectivity index (χ4n) is 2.84. The van der Waals surface area contributed by atoms with Crippen molar-refractivity contribution in [3.63, 3.8) is 0 Å². The van der Waals surface area contributed by atoms with E-state index >= 15 is 0 Å². The van der Waals surface area contributed by atoms with Gasteiger partial charge in [0.15, 0.2) is 5.96 Å². The number of hydrogen-bond donors (Lipinski definition) is 1. The average Bonchev–Trinajstić information content (AvgIpc) is 3.10. The number of piperazine rings is 1. The van der Waals surface area contributed by atoms with Crippen LogP contribution >= 0.6 is 46.9 Å². The molecule has 0 bridgehead atoms. The minimum absolute atomic E-state index is 0. The summed E-state index contributed by atoms with van der Waals surface area (Å²) >= 11 is 7.72. The van der Waals surface area contributed by atoms with Crippen LogP contribution in [0.1, 0.15) is 16.8 Å². The second-order valence-corrected chi connectivity index (χ2v) is 7.65. The molecule has 2 N–H and O–H groups in total. The summed E-state index contributed by atoms with van der Waals surface area (Å²) < 4.78 is 0. The smallest absolute Gasteiger partial charge is 0.191 e. The number of thiazole rings is 1. The zero-order valence-electron chi connectivity index (χ0n) is 14.9. The predicted octanol–water partition coefficient (Wildman–Crippen LogP) is 3.66. The highest BCUT2D eigenvalue weighted by Gasteiger charge is 2.18. The monoisotopic (exact) mass is 505 g/mol. The molecule has 0 amide bonds. The van der Waals surface area contributed by atoms with Gasteiger partial charge in [-0.05, 0) is 30.7 Å². The SMILES string of the molecule is CCc1cnc(CCN=C(N)N2CCN(c3ccc(Cl)cc3)CC2)s1.I. The summed E-state index contributed by atoms with van der Waals surface area (Å²) in [6.07, 6.45) is 3.86. The van der Waals surface area contributed by atoms with Crippen molar-refractivity contribution in [3.8, 4) is 0 Å². The number of anilines is 1. The highest BCUT2D eigenvalue weighted by atomic mass is 127. The van der Waals surface area contributed by atoms with Crippen LogP contribution < -0.4 is 10.6 Å². The summed E-state index contributed by atoms with van der Waals surface area (Å²) in [7, 11) is 0. The van der Waals surface area contributed by atoms with Gasteiger partial charge in [-0.25, -0.2) is 4.98 Å². The number of halogens is 2. The number of hydrogen-bond acceptors (Lipinski definition) is 4. The third-order valence-corrected chi connectivity index (χ3v) is 5.80. The fourth-order valence-corrected chi connectivity index (χ4v) is 3.82. The van der Waals surface area contributed by atoms with E-state index in [1.165, 1.54) is 10.6 Å². The van der Waals surface area contributed by atoms with E-state index in [0.29, 0.717) is 12.5 Å². The number of nitrogens with two attached hydrogens (primary N) is 1. The first kappa shape index (κ1) is 21.2. The molecular weight excluding hydrogens is 481 g/mol. The van der Waals surface area contributed by atoms with Crippen LogP contribution in [0.2, 0.25) is 5.02 Å². The average molecular weight is 506 g/mol. The van der Waals surface area contributed by atoms with E-state index < -0.39 is 0 Å². The van der Waals surface area contributed by atoms with Gasteiger partial charge in [0.25, 0.3) is 0 Å². The predicted molar refractivity (Wildman–Crippen MR) is 122 cm³/mol. The lowest BCUT2D eigenvalue weighted by molar-refractivity contribution is 0.381. The van der Waals surface area contributed by atoms with Crippen LogP contribution in [0.3, 0.4) is 0 Å². The number of aryl methyl sites for hydroxylation is 1. The maximum atomic E-state index is 6.17. The second-order valence-electron chi connectivity index (χ2n) is 6.01. The van der Waals surface area contributed by atoms with Crippen LogP contribution in [-0.4, -0.2) is 48.6 Å².